The topological polar surface area (TPSA) is 12.0 Å². The van der Waals surface area contributed by atoms with Gasteiger partial charge >= 0.3 is 0 Å². The van der Waals surface area contributed by atoms with Gasteiger partial charge in [0.05, 0.1) is 0 Å². The summed E-state index contributed by atoms with van der Waals surface area (Å²) >= 11 is 0. The molecular formula is C17H31N. The molecule has 1 nitrogen and oxygen atoms in total. The molecule has 0 aromatic heterocycles. The van der Waals surface area contributed by atoms with E-state index < -0.39 is 0 Å². The van der Waals surface area contributed by atoms with Crippen molar-refractivity contribution < 1.29 is 0 Å². The van der Waals surface area contributed by atoms with Crippen LogP contribution < -0.4 is 5.32 Å². The summed E-state index contributed by atoms with van der Waals surface area (Å²) in [5.74, 6) is 5.13. The standard InChI is InChI=1S/C17H31N/c1-12(2)15-4-3-5-16(10-15)18-11-17(13-6-7-13)14-8-9-14/h12-18H,3-11H2,1-2H3. The van der Waals surface area contributed by atoms with Crippen molar-refractivity contribution in [3.63, 3.8) is 0 Å². The Labute approximate surface area is 113 Å². The second-order valence-electron chi connectivity index (χ2n) is 7.61. The second kappa shape index (κ2) is 5.53. The van der Waals surface area contributed by atoms with E-state index in [1.54, 1.807) is 0 Å². The van der Waals surface area contributed by atoms with Gasteiger partial charge in [0.15, 0.2) is 0 Å². The Hall–Kier alpha value is -0.0400. The van der Waals surface area contributed by atoms with Gasteiger partial charge in [-0.25, -0.2) is 0 Å². The molecule has 0 aromatic rings. The van der Waals surface area contributed by atoms with Crippen LogP contribution in [0.15, 0.2) is 0 Å². The van der Waals surface area contributed by atoms with Crippen molar-refractivity contribution in [3.05, 3.63) is 0 Å². The molecule has 2 unspecified atom stereocenters. The van der Waals surface area contributed by atoms with Crippen LogP contribution in [0.3, 0.4) is 0 Å². The summed E-state index contributed by atoms with van der Waals surface area (Å²) in [7, 11) is 0. The largest absolute Gasteiger partial charge is 0.314 e. The molecule has 18 heavy (non-hydrogen) atoms. The summed E-state index contributed by atoms with van der Waals surface area (Å²) in [4.78, 5) is 0. The van der Waals surface area contributed by atoms with Crippen LogP contribution in [0.4, 0.5) is 0 Å². The molecule has 0 aliphatic heterocycles. The lowest BCUT2D eigenvalue weighted by Gasteiger charge is -2.33. The predicted octanol–water partition coefficient (Wildman–Crippen LogP) is 4.23. The van der Waals surface area contributed by atoms with Crippen LogP contribution in [0.25, 0.3) is 0 Å². The molecule has 0 bridgehead atoms. The SMILES string of the molecule is CC(C)C1CCCC(NCC(C2CC2)C2CC2)C1. The van der Waals surface area contributed by atoms with E-state index in [1.165, 1.54) is 57.9 Å². The zero-order valence-electron chi connectivity index (χ0n) is 12.3. The summed E-state index contributed by atoms with van der Waals surface area (Å²) in [5, 5.41) is 3.95. The molecule has 0 amide bonds. The summed E-state index contributed by atoms with van der Waals surface area (Å²) in [5.41, 5.74) is 0. The lowest BCUT2D eigenvalue weighted by Crippen LogP contribution is -2.39. The monoisotopic (exact) mass is 249 g/mol. The fraction of sp³-hybridized carbons (Fsp3) is 1.00. The van der Waals surface area contributed by atoms with Gasteiger partial charge in [-0.05, 0) is 74.7 Å². The summed E-state index contributed by atoms with van der Waals surface area (Å²) < 4.78 is 0. The number of nitrogens with one attached hydrogen (secondary N) is 1. The first-order chi connectivity index (χ1) is 8.74. The predicted molar refractivity (Wildman–Crippen MR) is 77.5 cm³/mol. The lowest BCUT2D eigenvalue weighted by atomic mass is 9.79. The third-order valence-corrected chi connectivity index (χ3v) is 5.75. The fourth-order valence-corrected chi connectivity index (χ4v) is 4.09. The Morgan fingerprint density at radius 1 is 0.889 bits per heavy atom. The van der Waals surface area contributed by atoms with Gasteiger partial charge in [0.25, 0.3) is 0 Å². The van der Waals surface area contributed by atoms with Crippen LogP contribution in [0.2, 0.25) is 0 Å². The third kappa shape index (κ3) is 3.29. The van der Waals surface area contributed by atoms with E-state index in [1.807, 2.05) is 0 Å². The molecule has 0 saturated heterocycles. The average Bonchev–Trinajstić information content (AvgIpc) is 3.23. The number of hydrogen-bond donors (Lipinski definition) is 1. The van der Waals surface area contributed by atoms with Gasteiger partial charge in [-0.2, -0.15) is 0 Å². The van der Waals surface area contributed by atoms with Crippen LogP contribution in [0, 0.1) is 29.6 Å². The Balaban J connectivity index is 1.44. The van der Waals surface area contributed by atoms with Crippen molar-refractivity contribution in [2.24, 2.45) is 29.6 Å². The minimum atomic E-state index is 0.839. The van der Waals surface area contributed by atoms with Crippen molar-refractivity contribution in [1.29, 1.82) is 0 Å². The first kappa shape index (κ1) is 13.0. The van der Waals surface area contributed by atoms with E-state index in [-0.39, 0.29) is 0 Å². The molecule has 0 aromatic carbocycles. The van der Waals surface area contributed by atoms with E-state index in [0.29, 0.717) is 0 Å². The van der Waals surface area contributed by atoms with Crippen molar-refractivity contribution in [3.8, 4) is 0 Å². The Morgan fingerprint density at radius 2 is 1.56 bits per heavy atom. The molecule has 0 spiro atoms. The molecule has 2 atom stereocenters. The van der Waals surface area contributed by atoms with Crippen molar-refractivity contribution in [1.82, 2.24) is 5.32 Å². The van der Waals surface area contributed by atoms with Crippen LogP contribution in [-0.2, 0) is 0 Å². The molecule has 1 heteroatoms. The van der Waals surface area contributed by atoms with E-state index in [2.05, 4.69) is 19.2 Å². The van der Waals surface area contributed by atoms with E-state index in [4.69, 9.17) is 0 Å². The van der Waals surface area contributed by atoms with Gasteiger partial charge in [0.1, 0.15) is 0 Å². The summed E-state index contributed by atoms with van der Waals surface area (Å²) in [6.07, 6.45) is 11.9. The van der Waals surface area contributed by atoms with Gasteiger partial charge < -0.3 is 5.32 Å². The molecule has 1 N–H and O–H groups in total. The van der Waals surface area contributed by atoms with Crippen molar-refractivity contribution in [2.75, 3.05) is 6.54 Å². The minimum Gasteiger partial charge on any atom is -0.314 e. The first-order valence-corrected chi connectivity index (χ1v) is 8.47. The van der Waals surface area contributed by atoms with Gasteiger partial charge in [-0.1, -0.05) is 26.7 Å². The molecule has 104 valence electrons. The minimum absolute atomic E-state index is 0.839. The smallest absolute Gasteiger partial charge is 0.00699 e. The molecule has 3 fully saturated rings. The molecule has 3 rings (SSSR count). The van der Waals surface area contributed by atoms with Gasteiger partial charge in [-0.3, -0.25) is 0 Å². The fourth-order valence-electron chi connectivity index (χ4n) is 4.09. The quantitative estimate of drug-likeness (QED) is 0.743. The number of rotatable bonds is 6. The van der Waals surface area contributed by atoms with Crippen LogP contribution in [-0.4, -0.2) is 12.6 Å². The van der Waals surface area contributed by atoms with Gasteiger partial charge in [0.2, 0.25) is 0 Å². The highest BCUT2D eigenvalue weighted by atomic mass is 14.9. The van der Waals surface area contributed by atoms with E-state index in [0.717, 1.165) is 35.6 Å². The summed E-state index contributed by atoms with van der Waals surface area (Å²) in [6, 6.07) is 0.839. The molecule has 3 saturated carbocycles. The Kier molecular flexibility index (Phi) is 3.98. The molecule has 0 heterocycles. The van der Waals surface area contributed by atoms with Crippen molar-refractivity contribution >= 4 is 0 Å². The van der Waals surface area contributed by atoms with Gasteiger partial charge in [-0.15, -0.1) is 0 Å². The molecule has 0 radical (unpaired) electrons. The Bertz CT molecular complexity index is 253. The molecule has 3 aliphatic carbocycles. The second-order valence-corrected chi connectivity index (χ2v) is 7.61. The third-order valence-electron chi connectivity index (χ3n) is 5.75. The molecular weight excluding hydrogens is 218 g/mol. The first-order valence-electron chi connectivity index (χ1n) is 8.47. The number of hydrogen-bond acceptors (Lipinski definition) is 1. The maximum absolute atomic E-state index is 3.95. The van der Waals surface area contributed by atoms with Crippen LogP contribution in [0.1, 0.15) is 65.2 Å². The van der Waals surface area contributed by atoms with E-state index in [9.17, 15) is 0 Å². The van der Waals surface area contributed by atoms with Crippen LogP contribution >= 0.6 is 0 Å². The highest BCUT2D eigenvalue weighted by Gasteiger charge is 2.41. The highest BCUT2D eigenvalue weighted by Crippen LogP contribution is 2.49. The zero-order chi connectivity index (χ0) is 12.5. The summed E-state index contributed by atoms with van der Waals surface area (Å²) in [6.45, 7) is 6.15. The zero-order valence-corrected chi connectivity index (χ0v) is 12.3. The van der Waals surface area contributed by atoms with Crippen molar-refractivity contribution in [2.45, 2.75) is 71.3 Å². The highest BCUT2D eigenvalue weighted by molar-refractivity contribution is 4.93. The van der Waals surface area contributed by atoms with Crippen LogP contribution in [0.5, 0.6) is 0 Å². The normalized spacial score (nSPS) is 33.3. The van der Waals surface area contributed by atoms with Gasteiger partial charge in [0, 0.05) is 6.04 Å². The lowest BCUT2D eigenvalue weighted by molar-refractivity contribution is 0.220. The maximum Gasteiger partial charge on any atom is 0.00699 e. The molecule has 3 aliphatic rings. The average molecular weight is 249 g/mol. The Morgan fingerprint density at radius 3 is 2.11 bits per heavy atom. The maximum atomic E-state index is 3.95. The van der Waals surface area contributed by atoms with E-state index >= 15 is 0 Å².